The summed E-state index contributed by atoms with van der Waals surface area (Å²) in [5.74, 6) is -0.570. The molecule has 182 valence electrons. The number of rotatable bonds is 7. The molecule has 3 aromatic heterocycles. The number of furan rings is 1. The number of halogens is 3. The topological polar surface area (TPSA) is 107 Å². The number of hydrogen-bond acceptors (Lipinski definition) is 5. The van der Waals surface area contributed by atoms with Crippen LogP contribution in [0.25, 0.3) is 0 Å². The van der Waals surface area contributed by atoms with Gasteiger partial charge in [-0.2, -0.15) is 23.4 Å². The molecule has 0 aliphatic heterocycles. The minimum atomic E-state index is -4.59. The predicted molar refractivity (Wildman–Crippen MR) is 115 cm³/mol. The van der Waals surface area contributed by atoms with E-state index in [2.05, 4.69) is 20.8 Å². The fraction of sp³-hybridized carbons (Fsp3) is 0.455. The highest BCUT2D eigenvalue weighted by Crippen LogP contribution is 2.35. The van der Waals surface area contributed by atoms with Gasteiger partial charge in [0, 0.05) is 24.0 Å². The molecule has 1 aliphatic carbocycles. The molecule has 0 spiro atoms. The summed E-state index contributed by atoms with van der Waals surface area (Å²) in [5.41, 5.74) is -0.139. The first kappa shape index (κ1) is 23.6. The average molecular weight is 478 g/mol. The van der Waals surface area contributed by atoms with Crippen LogP contribution in [0.4, 0.5) is 18.9 Å². The number of carbonyl (C=O) groups is 2. The van der Waals surface area contributed by atoms with E-state index in [1.165, 1.54) is 17.1 Å². The van der Waals surface area contributed by atoms with Gasteiger partial charge in [0.05, 0.1) is 18.5 Å². The number of fused-ring (bicyclic) bond motifs is 1. The molecule has 34 heavy (non-hydrogen) atoms. The standard InChI is InChI=1S/C22H25F3N6O3/c1-2-30-12-16(19(28-30)21(33)26-11-14-7-6-10-34-14)27-18(32)13-31-17-9-5-3-4-8-15(17)20(29-31)22(23,24)25/h6-7,10,12H,2-5,8-9,11,13H2,1H3,(H,26,33)(H,27,32). The van der Waals surface area contributed by atoms with Crippen LogP contribution < -0.4 is 10.6 Å². The molecule has 1 aliphatic rings. The van der Waals surface area contributed by atoms with Gasteiger partial charge in [-0.15, -0.1) is 0 Å². The Morgan fingerprint density at radius 2 is 1.97 bits per heavy atom. The molecule has 4 rings (SSSR count). The highest BCUT2D eigenvalue weighted by atomic mass is 19.4. The van der Waals surface area contributed by atoms with E-state index >= 15 is 0 Å². The van der Waals surface area contributed by atoms with Gasteiger partial charge >= 0.3 is 6.18 Å². The number of carbonyl (C=O) groups excluding carboxylic acids is 2. The lowest BCUT2D eigenvalue weighted by molar-refractivity contribution is -0.142. The van der Waals surface area contributed by atoms with Crippen molar-refractivity contribution in [1.82, 2.24) is 24.9 Å². The van der Waals surface area contributed by atoms with Gasteiger partial charge in [0.15, 0.2) is 11.4 Å². The molecular weight excluding hydrogens is 453 g/mol. The molecule has 0 saturated carbocycles. The summed E-state index contributed by atoms with van der Waals surface area (Å²) in [5, 5.41) is 13.2. The summed E-state index contributed by atoms with van der Waals surface area (Å²) in [7, 11) is 0. The van der Waals surface area contributed by atoms with Crippen molar-refractivity contribution >= 4 is 17.5 Å². The zero-order valence-corrected chi connectivity index (χ0v) is 18.6. The first-order valence-corrected chi connectivity index (χ1v) is 11.1. The lowest BCUT2D eigenvalue weighted by atomic mass is 10.1. The van der Waals surface area contributed by atoms with Gasteiger partial charge in [0.2, 0.25) is 5.91 Å². The van der Waals surface area contributed by atoms with Gasteiger partial charge < -0.3 is 15.1 Å². The molecule has 0 fully saturated rings. The molecule has 2 N–H and O–H groups in total. The molecule has 3 aromatic rings. The number of alkyl halides is 3. The highest BCUT2D eigenvalue weighted by molar-refractivity contribution is 6.02. The third kappa shape index (κ3) is 5.15. The normalized spacial score (nSPS) is 13.9. The van der Waals surface area contributed by atoms with Crippen molar-refractivity contribution in [2.45, 2.75) is 64.8 Å². The van der Waals surface area contributed by atoms with E-state index in [1.807, 2.05) is 6.92 Å². The van der Waals surface area contributed by atoms with Gasteiger partial charge in [-0.1, -0.05) is 6.42 Å². The largest absolute Gasteiger partial charge is 0.467 e. The maximum Gasteiger partial charge on any atom is 0.435 e. The molecule has 3 heterocycles. The van der Waals surface area contributed by atoms with Crippen LogP contribution in [-0.2, 0) is 43.4 Å². The SMILES string of the molecule is CCn1cc(NC(=O)Cn2nc(C(F)(F)F)c3c2CCCCC3)c(C(=O)NCc2ccco2)n1. The molecular formula is C22H25F3N6O3. The Labute approximate surface area is 193 Å². The number of aryl methyl sites for hydroxylation is 1. The summed E-state index contributed by atoms with van der Waals surface area (Å²) < 4.78 is 48.4. The molecule has 9 nitrogen and oxygen atoms in total. The van der Waals surface area contributed by atoms with Crippen LogP contribution in [0.15, 0.2) is 29.0 Å². The smallest absolute Gasteiger partial charge is 0.435 e. The first-order chi connectivity index (χ1) is 16.3. The van der Waals surface area contributed by atoms with Crippen molar-refractivity contribution in [3.63, 3.8) is 0 Å². The number of nitrogens with one attached hydrogen (secondary N) is 2. The zero-order valence-electron chi connectivity index (χ0n) is 18.6. The van der Waals surface area contributed by atoms with Gasteiger partial charge in [-0.3, -0.25) is 19.0 Å². The fourth-order valence-corrected chi connectivity index (χ4v) is 4.04. The van der Waals surface area contributed by atoms with Crippen LogP contribution in [0, 0.1) is 0 Å². The maximum absolute atomic E-state index is 13.5. The van der Waals surface area contributed by atoms with E-state index in [-0.39, 0.29) is 29.9 Å². The summed E-state index contributed by atoms with van der Waals surface area (Å²) in [4.78, 5) is 25.4. The molecule has 0 aromatic carbocycles. The summed E-state index contributed by atoms with van der Waals surface area (Å²) in [6.45, 7) is 2.01. The minimum absolute atomic E-state index is 0.00275. The Bertz CT molecular complexity index is 1160. The van der Waals surface area contributed by atoms with Crippen LogP contribution in [0.1, 0.15) is 59.4 Å². The van der Waals surface area contributed by atoms with Crippen LogP contribution >= 0.6 is 0 Å². The maximum atomic E-state index is 13.5. The third-order valence-corrected chi connectivity index (χ3v) is 5.65. The van der Waals surface area contributed by atoms with Crippen LogP contribution in [0.3, 0.4) is 0 Å². The van der Waals surface area contributed by atoms with Gasteiger partial charge in [0.1, 0.15) is 12.3 Å². The van der Waals surface area contributed by atoms with Crippen molar-refractivity contribution < 1.29 is 27.2 Å². The number of amides is 2. The van der Waals surface area contributed by atoms with Crippen molar-refractivity contribution in [2.24, 2.45) is 0 Å². The highest BCUT2D eigenvalue weighted by Gasteiger charge is 2.39. The van der Waals surface area contributed by atoms with Gasteiger partial charge in [0.25, 0.3) is 5.91 Å². The van der Waals surface area contributed by atoms with Gasteiger partial charge in [-0.05, 0) is 44.7 Å². The van der Waals surface area contributed by atoms with E-state index in [4.69, 9.17) is 4.42 Å². The Morgan fingerprint density at radius 1 is 1.18 bits per heavy atom. The summed E-state index contributed by atoms with van der Waals surface area (Å²) in [6, 6.07) is 3.40. The molecule has 0 radical (unpaired) electrons. The number of aromatic nitrogens is 4. The number of nitrogens with zero attached hydrogens (tertiary/aromatic N) is 4. The van der Waals surface area contributed by atoms with Crippen LogP contribution in [0.5, 0.6) is 0 Å². The van der Waals surface area contributed by atoms with E-state index in [0.717, 1.165) is 17.5 Å². The van der Waals surface area contributed by atoms with E-state index in [9.17, 15) is 22.8 Å². The second-order valence-corrected chi connectivity index (χ2v) is 8.05. The van der Waals surface area contributed by atoms with Gasteiger partial charge in [-0.25, -0.2) is 0 Å². The zero-order chi connectivity index (χ0) is 24.3. The average Bonchev–Trinajstić information content (AvgIpc) is 3.48. The van der Waals surface area contributed by atoms with E-state index in [0.29, 0.717) is 30.8 Å². The van der Waals surface area contributed by atoms with Crippen molar-refractivity contribution in [1.29, 1.82) is 0 Å². The molecule has 0 atom stereocenters. The third-order valence-electron chi connectivity index (χ3n) is 5.65. The fourth-order valence-electron chi connectivity index (χ4n) is 4.04. The number of hydrogen-bond donors (Lipinski definition) is 2. The monoisotopic (exact) mass is 478 g/mol. The van der Waals surface area contributed by atoms with Crippen LogP contribution in [0.2, 0.25) is 0 Å². The Balaban J connectivity index is 1.52. The second-order valence-electron chi connectivity index (χ2n) is 8.05. The molecule has 0 saturated heterocycles. The van der Waals surface area contributed by atoms with E-state index in [1.54, 1.807) is 12.1 Å². The number of anilines is 1. The Morgan fingerprint density at radius 3 is 2.68 bits per heavy atom. The van der Waals surface area contributed by atoms with Crippen LogP contribution in [-0.4, -0.2) is 31.4 Å². The Kier molecular flexibility index (Phi) is 6.75. The molecule has 2 amide bonds. The molecule has 12 heteroatoms. The van der Waals surface area contributed by atoms with Crippen molar-refractivity contribution in [3.8, 4) is 0 Å². The Hall–Kier alpha value is -3.57. The lowest BCUT2D eigenvalue weighted by Gasteiger charge is -2.09. The quantitative estimate of drug-likeness (QED) is 0.505. The lowest BCUT2D eigenvalue weighted by Crippen LogP contribution is -2.26. The first-order valence-electron chi connectivity index (χ1n) is 11.1. The van der Waals surface area contributed by atoms with Crippen molar-refractivity contribution in [2.75, 3.05) is 5.32 Å². The molecule has 0 unspecified atom stereocenters. The summed E-state index contributed by atoms with van der Waals surface area (Å²) in [6.07, 6.45) is 1.34. The second kappa shape index (κ2) is 9.74. The predicted octanol–water partition coefficient (Wildman–Crippen LogP) is 3.55. The summed E-state index contributed by atoms with van der Waals surface area (Å²) >= 11 is 0. The van der Waals surface area contributed by atoms with E-state index < -0.39 is 30.2 Å². The van der Waals surface area contributed by atoms with Crippen molar-refractivity contribution in [3.05, 3.63) is 53.0 Å². The molecule has 0 bridgehead atoms. The minimum Gasteiger partial charge on any atom is -0.467 e.